The van der Waals surface area contributed by atoms with Gasteiger partial charge in [0.05, 0.1) is 5.69 Å². The van der Waals surface area contributed by atoms with Gasteiger partial charge in [0, 0.05) is 18.9 Å². The fourth-order valence-electron chi connectivity index (χ4n) is 2.30. The van der Waals surface area contributed by atoms with Gasteiger partial charge < -0.3 is 16.2 Å². The number of nitrogen functional groups attached to an aromatic ring is 1. The largest absolute Gasteiger partial charge is 0.443 e. The Bertz CT molecular complexity index is 653. The quantitative estimate of drug-likeness (QED) is 0.879. The Morgan fingerprint density at radius 2 is 1.82 bits per heavy atom. The van der Waals surface area contributed by atoms with E-state index in [0.717, 1.165) is 16.8 Å². The van der Waals surface area contributed by atoms with Crippen LogP contribution >= 0.6 is 0 Å². The van der Waals surface area contributed by atoms with Gasteiger partial charge in [-0.15, -0.1) is 0 Å². The van der Waals surface area contributed by atoms with E-state index in [2.05, 4.69) is 9.97 Å². The minimum absolute atomic E-state index is 0.465. The minimum atomic E-state index is -0.761. The van der Waals surface area contributed by atoms with E-state index in [1.54, 1.807) is 6.07 Å². The van der Waals surface area contributed by atoms with Crippen LogP contribution < -0.4 is 11.5 Å². The van der Waals surface area contributed by atoms with Gasteiger partial charge in [0.25, 0.3) is 0 Å². The summed E-state index contributed by atoms with van der Waals surface area (Å²) in [6.07, 6.45) is 1.98. The summed E-state index contributed by atoms with van der Waals surface area (Å²) in [6, 6.07) is 9.82. The number of rotatable bonds is 5. The highest BCUT2D eigenvalue weighted by molar-refractivity contribution is 5.65. The van der Waals surface area contributed by atoms with Crippen LogP contribution in [-0.2, 0) is 17.6 Å². The lowest BCUT2D eigenvalue weighted by Gasteiger charge is -2.24. The summed E-state index contributed by atoms with van der Waals surface area (Å²) in [6.45, 7) is 3.66. The molecule has 0 saturated heterocycles. The van der Waals surface area contributed by atoms with Crippen LogP contribution in [0.2, 0.25) is 0 Å². The Morgan fingerprint density at radius 3 is 2.41 bits per heavy atom. The van der Waals surface area contributed by atoms with Crippen molar-refractivity contribution in [3.05, 3.63) is 53.5 Å². The molecule has 6 heteroatoms. The maximum absolute atomic E-state index is 10.9. The van der Waals surface area contributed by atoms with Gasteiger partial charge in [0.2, 0.25) is 0 Å². The number of nitrogens with zero attached hydrogens (tertiary/aromatic N) is 2. The monoisotopic (exact) mass is 300 g/mol. The average molecular weight is 300 g/mol. The molecule has 0 aliphatic carbocycles. The summed E-state index contributed by atoms with van der Waals surface area (Å²) in [4.78, 5) is 18.9. The van der Waals surface area contributed by atoms with Crippen molar-refractivity contribution in [2.24, 2.45) is 5.73 Å². The highest BCUT2D eigenvalue weighted by Gasteiger charge is 2.22. The van der Waals surface area contributed by atoms with Crippen LogP contribution in [-0.4, -0.2) is 21.7 Å². The molecule has 0 spiro atoms. The molecule has 0 aliphatic rings. The SMILES string of the molecule is CC(C)(Cc1ccc(Cc2cc(N)ncn2)cc1)OC(N)=O. The first-order chi connectivity index (χ1) is 10.3. The molecule has 0 fully saturated rings. The minimum Gasteiger partial charge on any atom is -0.443 e. The van der Waals surface area contributed by atoms with Crippen molar-refractivity contribution in [1.82, 2.24) is 9.97 Å². The first-order valence-electron chi connectivity index (χ1n) is 6.97. The number of carbonyl (C=O) groups is 1. The van der Waals surface area contributed by atoms with E-state index < -0.39 is 11.7 Å². The van der Waals surface area contributed by atoms with Crippen molar-refractivity contribution in [3.8, 4) is 0 Å². The molecule has 4 N–H and O–H groups in total. The van der Waals surface area contributed by atoms with Crippen LogP contribution in [0.4, 0.5) is 10.6 Å². The Hall–Kier alpha value is -2.63. The highest BCUT2D eigenvalue weighted by Crippen LogP contribution is 2.18. The van der Waals surface area contributed by atoms with Gasteiger partial charge in [-0.2, -0.15) is 0 Å². The number of benzene rings is 1. The Morgan fingerprint density at radius 1 is 1.18 bits per heavy atom. The van der Waals surface area contributed by atoms with Gasteiger partial charge in [0.1, 0.15) is 17.7 Å². The third-order valence-corrected chi connectivity index (χ3v) is 3.16. The molecule has 0 radical (unpaired) electrons. The molecule has 0 atom stereocenters. The van der Waals surface area contributed by atoms with Crippen LogP contribution in [0.3, 0.4) is 0 Å². The number of hydrogen-bond donors (Lipinski definition) is 2. The molecule has 22 heavy (non-hydrogen) atoms. The predicted molar refractivity (Wildman–Crippen MR) is 84.1 cm³/mol. The molecule has 1 amide bonds. The first-order valence-corrected chi connectivity index (χ1v) is 6.97. The van der Waals surface area contributed by atoms with Crippen molar-refractivity contribution in [2.45, 2.75) is 32.3 Å². The van der Waals surface area contributed by atoms with E-state index in [4.69, 9.17) is 16.2 Å². The van der Waals surface area contributed by atoms with Gasteiger partial charge in [0.15, 0.2) is 0 Å². The standard InChI is InChI=1S/C16H20N4O2/c1-16(2,22-15(18)21)9-12-5-3-11(4-6-12)7-13-8-14(17)20-10-19-13/h3-6,8,10H,7,9H2,1-2H3,(H2,18,21)(H2,17,19,20). The number of anilines is 1. The molecule has 2 aromatic rings. The summed E-state index contributed by atoms with van der Waals surface area (Å²) in [5.74, 6) is 0.465. The molecule has 0 unspecified atom stereocenters. The van der Waals surface area contributed by atoms with Gasteiger partial charge in [-0.3, -0.25) is 0 Å². The van der Waals surface area contributed by atoms with Crippen molar-refractivity contribution in [2.75, 3.05) is 5.73 Å². The zero-order chi connectivity index (χ0) is 16.2. The summed E-state index contributed by atoms with van der Waals surface area (Å²) in [5, 5.41) is 0. The lowest BCUT2D eigenvalue weighted by molar-refractivity contribution is 0.0460. The summed E-state index contributed by atoms with van der Waals surface area (Å²) in [5.41, 5.74) is 13.1. The van der Waals surface area contributed by atoms with E-state index >= 15 is 0 Å². The fraction of sp³-hybridized carbons (Fsp3) is 0.312. The Balaban J connectivity index is 2.02. The van der Waals surface area contributed by atoms with E-state index in [1.807, 2.05) is 38.1 Å². The lowest BCUT2D eigenvalue weighted by atomic mass is 9.97. The second-order valence-electron chi connectivity index (χ2n) is 5.79. The molecule has 0 saturated carbocycles. The third-order valence-electron chi connectivity index (χ3n) is 3.16. The smallest absolute Gasteiger partial charge is 0.405 e. The van der Waals surface area contributed by atoms with E-state index in [0.29, 0.717) is 18.7 Å². The topological polar surface area (TPSA) is 104 Å². The molecule has 116 valence electrons. The van der Waals surface area contributed by atoms with Crippen LogP contribution in [0.5, 0.6) is 0 Å². The van der Waals surface area contributed by atoms with E-state index in [-0.39, 0.29) is 0 Å². The summed E-state index contributed by atoms with van der Waals surface area (Å²) < 4.78 is 5.09. The number of carbonyl (C=O) groups excluding carboxylic acids is 1. The molecule has 6 nitrogen and oxygen atoms in total. The second kappa shape index (κ2) is 6.43. The van der Waals surface area contributed by atoms with Crippen LogP contribution in [0.15, 0.2) is 36.7 Å². The average Bonchev–Trinajstić information content (AvgIpc) is 2.39. The van der Waals surface area contributed by atoms with Crippen molar-refractivity contribution < 1.29 is 9.53 Å². The van der Waals surface area contributed by atoms with Crippen molar-refractivity contribution in [3.63, 3.8) is 0 Å². The van der Waals surface area contributed by atoms with Crippen LogP contribution in [0, 0.1) is 0 Å². The maximum Gasteiger partial charge on any atom is 0.405 e. The van der Waals surface area contributed by atoms with Crippen LogP contribution in [0.25, 0.3) is 0 Å². The first kappa shape index (κ1) is 15.8. The molecule has 1 aromatic carbocycles. The molecule has 0 aliphatic heterocycles. The molecule has 0 bridgehead atoms. The number of hydrogen-bond acceptors (Lipinski definition) is 5. The number of aromatic nitrogens is 2. The van der Waals surface area contributed by atoms with E-state index in [9.17, 15) is 4.79 Å². The number of primary amides is 1. The maximum atomic E-state index is 10.9. The molecular weight excluding hydrogens is 280 g/mol. The highest BCUT2D eigenvalue weighted by atomic mass is 16.6. The number of nitrogens with two attached hydrogens (primary N) is 2. The normalized spacial score (nSPS) is 11.2. The summed E-state index contributed by atoms with van der Waals surface area (Å²) in [7, 11) is 0. The van der Waals surface area contributed by atoms with Crippen molar-refractivity contribution >= 4 is 11.9 Å². The zero-order valence-electron chi connectivity index (χ0n) is 12.7. The van der Waals surface area contributed by atoms with Gasteiger partial charge in [-0.05, 0) is 25.0 Å². The molecular formula is C16H20N4O2. The second-order valence-corrected chi connectivity index (χ2v) is 5.79. The molecule has 1 aromatic heterocycles. The Kier molecular flexibility index (Phi) is 4.60. The van der Waals surface area contributed by atoms with Gasteiger partial charge >= 0.3 is 6.09 Å². The fourth-order valence-corrected chi connectivity index (χ4v) is 2.30. The van der Waals surface area contributed by atoms with E-state index in [1.165, 1.54) is 6.33 Å². The number of amides is 1. The third kappa shape index (κ3) is 4.73. The number of ether oxygens (including phenoxy) is 1. The Labute approximate surface area is 129 Å². The predicted octanol–water partition coefficient (Wildman–Crippen LogP) is 2.07. The van der Waals surface area contributed by atoms with Crippen LogP contribution in [0.1, 0.15) is 30.7 Å². The van der Waals surface area contributed by atoms with Gasteiger partial charge in [-0.1, -0.05) is 24.3 Å². The lowest BCUT2D eigenvalue weighted by Crippen LogP contribution is -2.33. The van der Waals surface area contributed by atoms with Crippen molar-refractivity contribution in [1.29, 1.82) is 0 Å². The summed E-state index contributed by atoms with van der Waals surface area (Å²) >= 11 is 0. The zero-order valence-corrected chi connectivity index (χ0v) is 12.7. The molecule has 2 rings (SSSR count). The molecule has 1 heterocycles. The van der Waals surface area contributed by atoms with Gasteiger partial charge in [-0.25, -0.2) is 14.8 Å².